The van der Waals surface area contributed by atoms with Crippen LogP contribution < -0.4 is 5.32 Å². The molecule has 0 bridgehead atoms. The van der Waals surface area contributed by atoms with Gasteiger partial charge in [0.2, 0.25) is 0 Å². The average Bonchev–Trinajstić information content (AvgIpc) is 2.35. The summed E-state index contributed by atoms with van der Waals surface area (Å²) >= 11 is 11.3. The molecular formula is C13H15Cl2NO3. The molecule has 0 aliphatic carbocycles. The number of carboxylic acid groups (broad SMARTS) is 1. The van der Waals surface area contributed by atoms with Crippen LogP contribution in [0.15, 0.2) is 30.3 Å². The Morgan fingerprint density at radius 3 is 2.11 bits per heavy atom. The van der Waals surface area contributed by atoms with Crippen LogP contribution >= 0.6 is 23.2 Å². The molecule has 1 aromatic rings. The third-order valence-corrected chi connectivity index (χ3v) is 3.38. The molecule has 0 aromatic heterocycles. The molecule has 0 saturated heterocycles. The number of rotatable bonds is 5. The quantitative estimate of drug-likeness (QED) is 0.821. The molecule has 1 amide bonds. The van der Waals surface area contributed by atoms with E-state index in [0.717, 1.165) is 0 Å². The highest BCUT2D eigenvalue weighted by Gasteiger charge is 2.46. The number of nitrogens with one attached hydrogen (secondary N) is 1. The van der Waals surface area contributed by atoms with Gasteiger partial charge in [0.05, 0.1) is 0 Å². The number of hydrogen-bond acceptors (Lipinski definition) is 2. The monoisotopic (exact) mass is 303 g/mol. The van der Waals surface area contributed by atoms with Gasteiger partial charge in [-0.3, -0.25) is 4.79 Å². The van der Waals surface area contributed by atoms with Gasteiger partial charge in [0.1, 0.15) is 5.54 Å². The van der Waals surface area contributed by atoms with Crippen LogP contribution in [0.25, 0.3) is 0 Å². The Hall–Kier alpha value is -1.26. The summed E-state index contributed by atoms with van der Waals surface area (Å²) in [5, 5.41) is 11.3. The Bertz CT molecular complexity index is 462. The van der Waals surface area contributed by atoms with Crippen LogP contribution in [0.1, 0.15) is 19.4 Å². The number of ketones is 1. The normalized spacial score (nSPS) is 14.2. The highest BCUT2D eigenvalue weighted by atomic mass is 35.5. The first-order chi connectivity index (χ1) is 8.82. The molecule has 1 atom stereocenters. The molecule has 0 saturated carbocycles. The van der Waals surface area contributed by atoms with Gasteiger partial charge in [0, 0.05) is 0 Å². The number of hydrogen-bond donors (Lipinski definition) is 2. The summed E-state index contributed by atoms with van der Waals surface area (Å²) < 4.78 is 0. The highest BCUT2D eigenvalue weighted by molar-refractivity contribution is 6.54. The maximum atomic E-state index is 12.4. The van der Waals surface area contributed by atoms with E-state index in [9.17, 15) is 9.59 Å². The molecule has 1 rings (SSSR count). The molecule has 0 spiro atoms. The molecule has 0 fully saturated rings. The largest absolute Gasteiger partial charge is 0.465 e. The van der Waals surface area contributed by atoms with Crippen molar-refractivity contribution in [3.63, 3.8) is 0 Å². The number of carbonyl (C=O) groups excluding carboxylic acids is 1. The van der Waals surface area contributed by atoms with Crippen molar-refractivity contribution in [1.82, 2.24) is 5.32 Å². The maximum absolute atomic E-state index is 12.4. The van der Waals surface area contributed by atoms with Crippen molar-refractivity contribution < 1.29 is 14.7 Å². The van der Waals surface area contributed by atoms with Crippen molar-refractivity contribution in [2.45, 2.75) is 24.2 Å². The van der Waals surface area contributed by atoms with Crippen molar-refractivity contribution in [3.05, 3.63) is 35.9 Å². The fourth-order valence-electron chi connectivity index (χ4n) is 2.08. The lowest BCUT2D eigenvalue weighted by Crippen LogP contribution is -2.56. The number of amides is 1. The van der Waals surface area contributed by atoms with Gasteiger partial charge >= 0.3 is 6.09 Å². The van der Waals surface area contributed by atoms with E-state index in [4.69, 9.17) is 28.3 Å². The zero-order chi connectivity index (χ0) is 14.6. The molecule has 2 N–H and O–H groups in total. The van der Waals surface area contributed by atoms with Crippen LogP contribution in [0.2, 0.25) is 0 Å². The van der Waals surface area contributed by atoms with Gasteiger partial charge in [-0.2, -0.15) is 0 Å². The molecule has 0 aliphatic heterocycles. The van der Waals surface area contributed by atoms with Crippen molar-refractivity contribution in [2.75, 3.05) is 0 Å². The fourth-order valence-corrected chi connectivity index (χ4v) is 2.42. The molecule has 104 valence electrons. The zero-order valence-corrected chi connectivity index (χ0v) is 12.1. The van der Waals surface area contributed by atoms with Crippen LogP contribution in [0.4, 0.5) is 4.79 Å². The minimum Gasteiger partial charge on any atom is -0.465 e. The number of benzene rings is 1. The van der Waals surface area contributed by atoms with Gasteiger partial charge in [0.25, 0.3) is 0 Å². The van der Waals surface area contributed by atoms with Gasteiger partial charge in [0.15, 0.2) is 10.6 Å². The molecule has 0 heterocycles. The molecule has 6 heteroatoms. The SMILES string of the molecule is CC(C)C(NC(=O)O)(C(=O)C(Cl)Cl)c1ccccc1. The first-order valence-corrected chi connectivity index (χ1v) is 6.58. The van der Waals surface area contributed by atoms with Crippen molar-refractivity contribution in [2.24, 2.45) is 5.92 Å². The van der Waals surface area contributed by atoms with Crippen LogP contribution in [-0.4, -0.2) is 21.8 Å². The number of alkyl halides is 2. The zero-order valence-electron chi connectivity index (χ0n) is 10.6. The predicted octanol–water partition coefficient (Wildman–Crippen LogP) is 3.18. The average molecular weight is 304 g/mol. The number of halogens is 2. The van der Waals surface area contributed by atoms with Gasteiger partial charge in [-0.15, -0.1) is 0 Å². The summed E-state index contributed by atoms with van der Waals surface area (Å²) in [6.45, 7) is 3.47. The minimum atomic E-state index is -1.46. The summed E-state index contributed by atoms with van der Waals surface area (Å²) in [6.07, 6.45) is -1.31. The lowest BCUT2D eigenvalue weighted by atomic mass is 9.77. The minimum absolute atomic E-state index is 0.349. The molecule has 1 unspecified atom stereocenters. The van der Waals surface area contributed by atoms with Crippen molar-refractivity contribution in [1.29, 1.82) is 0 Å². The molecule has 1 aromatic carbocycles. The standard InChI is InChI=1S/C13H15Cl2NO3/c1-8(2)13(16-12(18)19,10(17)11(14)15)9-6-4-3-5-7-9/h3-8,11,16H,1-2H3,(H,18,19). The van der Waals surface area contributed by atoms with Crippen LogP contribution in [0.5, 0.6) is 0 Å². The second kappa shape index (κ2) is 6.26. The Labute approximate surface area is 121 Å². The summed E-state index contributed by atoms with van der Waals surface area (Å²) in [4.78, 5) is 22.1. The first-order valence-electron chi connectivity index (χ1n) is 5.71. The third-order valence-electron chi connectivity index (χ3n) is 2.99. The molecule has 4 nitrogen and oxygen atoms in total. The Morgan fingerprint density at radius 1 is 1.21 bits per heavy atom. The van der Waals surface area contributed by atoms with E-state index >= 15 is 0 Å². The molecule has 19 heavy (non-hydrogen) atoms. The molecular weight excluding hydrogens is 289 g/mol. The van der Waals surface area contributed by atoms with Gasteiger partial charge < -0.3 is 10.4 Å². The van der Waals surface area contributed by atoms with Crippen molar-refractivity contribution in [3.8, 4) is 0 Å². The Morgan fingerprint density at radius 2 is 1.74 bits per heavy atom. The van der Waals surface area contributed by atoms with E-state index in [1.807, 2.05) is 0 Å². The van der Waals surface area contributed by atoms with Crippen LogP contribution in [0.3, 0.4) is 0 Å². The van der Waals surface area contributed by atoms with E-state index in [0.29, 0.717) is 5.56 Å². The predicted molar refractivity (Wildman–Crippen MR) is 74.6 cm³/mol. The van der Waals surface area contributed by atoms with E-state index in [2.05, 4.69) is 5.32 Å². The van der Waals surface area contributed by atoms with Gasteiger partial charge in [-0.25, -0.2) is 4.79 Å². The second-order valence-electron chi connectivity index (χ2n) is 4.42. The molecule has 0 aliphatic rings. The lowest BCUT2D eigenvalue weighted by molar-refractivity contribution is -0.125. The van der Waals surface area contributed by atoms with Crippen molar-refractivity contribution >= 4 is 35.1 Å². The third kappa shape index (κ3) is 3.19. The van der Waals surface area contributed by atoms with Crippen LogP contribution in [0, 0.1) is 5.92 Å². The fraction of sp³-hybridized carbons (Fsp3) is 0.385. The van der Waals surface area contributed by atoms with E-state index in [-0.39, 0.29) is 5.92 Å². The summed E-state index contributed by atoms with van der Waals surface area (Å²) in [5.41, 5.74) is -0.940. The van der Waals surface area contributed by atoms with E-state index in [1.54, 1.807) is 44.2 Å². The Kier molecular flexibility index (Phi) is 5.20. The summed E-state index contributed by atoms with van der Waals surface area (Å²) in [6, 6.07) is 8.56. The number of carbonyl (C=O) groups is 2. The lowest BCUT2D eigenvalue weighted by Gasteiger charge is -2.36. The molecule has 0 radical (unpaired) electrons. The summed E-state index contributed by atoms with van der Waals surface area (Å²) in [7, 11) is 0. The number of Topliss-reactive ketones (excluding diaryl/α,β-unsaturated/α-hetero) is 1. The van der Waals surface area contributed by atoms with Crippen LogP contribution in [-0.2, 0) is 10.3 Å². The topological polar surface area (TPSA) is 66.4 Å². The maximum Gasteiger partial charge on any atom is 0.405 e. The summed E-state index contributed by atoms with van der Waals surface area (Å²) in [5.74, 6) is -0.932. The van der Waals surface area contributed by atoms with Gasteiger partial charge in [-0.05, 0) is 11.5 Å². The Balaban J connectivity index is 3.44. The first kappa shape index (κ1) is 15.8. The van der Waals surface area contributed by atoms with Gasteiger partial charge in [-0.1, -0.05) is 67.4 Å². The van der Waals surface area contributed by atoms with E-state index < -0.39 is 22.3 Å². The smallest absolute Gasteiger partial charge is 0.405 e. The van der Waals surface area contributed by atoms with E-state index in [1.165, 1.54) is 0 Å². The highest BCUT2D eigenvalue weighted by Crippen LogP contribution is 2.33. The second-order valence-corrected chi connectivity index (χ2v) is 5.52.